The topological polar surface area (TPSA) is 57.4 Å². The van der Waals surface area contributed by atoms with E-state index in [0.717, 1.165) is 16.5 Å². The van der Waals surface area contributed by atoms with Gasteiger partial charge in [-0.05, 0) is 17.7 Å². The molecule has 1 atom stereocenters. The fourth-order valence-electron chi connectivity index (χ4n) is 2.18. The van der Waals surface area contributed by atoms with E-state index in [1.54, 1.807) is 0 Å². The zero-order valence-corrected chi connectivity index (χ0v) is 10.1. The van der Waals surface area contributed by atoms with Crippen molar-refractivity contribution in [2.45, 2.75) is 18.8 Å². The lowest BCUT2D eigenvalue weighted by molar-refractivity contribution is -0.0507. The van der Waals surface area contributed by atoms with Crippen LogP contribution in [0, 0.1) is 0 Å². The molecule has 4 heteroatoms. The highest BCUT2D eigenvalue weighted by Crippen LogP contribution is 2.22. The molecule has 1 aliphatic rings. The van der Waals surface area contributed by atoms with Crippen LogP contribution in [0.15, 0.2) is 36.5 Å². The van der Waals surface area contributed by atoms with Crippen molar-refractivity contribution >= 4 is 10.9 Å². The molecule has 2 aromatic rings. The maximum absolute atomic E-state index is 6.17. The number of hydrogen-bond acceptors (Lipinski definition) is 4. The molecule has 2 N–H and O–H groups in total. The van der Waals surface area contributed by atoms with Crippen LogP contribution in [0.2, 0.25) is 0 Å². The van der Waals surface area contributed by atoms with Gasteiger partial charge in [0.2, 0.25) is 0 Å². The maximum Gasteiger partial charge on any atom is 0.159 e. The van der Waals surface area contributed by atoms with Gasteiger partial charge in [0.15, 0.2) is 6.29 Å². The number of hydrogen-bond donors (Lipinski definition) is 1. The predicted octanol–water partition coefficient (Wildman–Crippen LogP) is 2.00. The van der Waals surface area contributed by atoms with E-state index in [2.05, 4.69) is 11.1 Å². The minimum Gasteiger partial charge on any atom is -0.350 e. The lowest BCUT2D eigenvalue weighted by Crippen LogP contribution is -2.19. The molecule has 4 nitrogen and oxygen atoms in total. The maximum atomic E-state index is 6.17. The number of nitrogens with zero attached hydrogens (tertiary/aromatic N) is 1. The van der Waals surface area contributed by atoms with Gasteiger partial charge in [-0.2, -0.15) is 0 Å². The highest BCUT2D eigenvalue weighted by atomic mass is 16.7. The Hall–Kier alpha value is -1.49. The Morgan fingerprint density at radius 3 is 2.89 bits per heavy atom. The van der Waals surface area contributed by atoms with Crippen molar-refractivity contribution in [3.63, 3.8) is 0 Å². The quantitative estimate of drug-likeness (QED) is 0.897. The molecule has 0 saturated carbocycles. The lowest BCUT2D eigenvalue weighted by atomic mass is 10.0. The molecular weight excluding hydrogens is 228 g/mol. The van der Waals surface area contributed by atoms with Crippen LogP contribution in [0.3, 0.4) is 0 Å². The Morgan fingerprint density at radius 1 is 1.28 bits per heavy atom. The number of pyridine rings is 1. The first kappa shape index (κ1) is 11.6. The summed E-state index contributed by atoms with van der Waals surface area (Å²) in [4.78, 5) is 4.42. The standard InChI is InChI=1S/C14H16N2O2/c15-12(8-14-17-5-6-18-14)11-7-10-3-1-2-4-13(10)16-9-11/h1-4,7,9,12,14H,5-6,8,15H2. The summed E-state index contributed by atoms with van der Waals surface area (Å²) in [6, 6.07) is 10.00. The number of fused-ring (bicyclic) bond motifs is 1. The summed E-state index contributed by atoms with van der Waals surface area (Å²) < 4.78 is 10.8. The summed E-state index contributed by atoms with van der Waals surface area (Å²) >= 11 is 0. The van der Waals surface area contributed by atoms with Crippen LogP contribution >= 0.6 is 0 Å². The highest BCUT2D eigenvalue weighted by Gasteiger charge is 2.20. The van der Waals surface area contributed by atoms with Crippen LogP contribution in [-0.4, -0.2) is 24.5 Å². The van der Waals surface area contributed by atoms with E-state index in [1.165, 1.54) is 0 Å². The van der Waals surface area contributed by atoms with Crippen LogP contribution < -0.4 is 5.73 Å². The van der Waals surface area contributed by atoms with E-state index in [0.29, 0.717) is 19.6 Å². The van der Waals surface area contributed by atoms with E-state index in [9.17, 15) is 0 Å². The van der Waals surface area contributed by atoms with Gasteiger partial charge in [0.05, 0.1) is 18.7 Å². The fraction of sp³-hybridized carbons (Fsp3) is 0.357. The average Bonchev–Trinajstić information content (AvgIpc) is 2.91. The number of rotatable bonds is 3. The fourth-order valence-corrected chi connectivity index (χ4v) is 2.18. The lowest BCUT2D eigenvalue weighted by Gasteiger charge is -2.16. The van der Waals surface area contributed by atoms with Gasteiger partial charge in [0, 0.05) is 24.0 Å². The first-order valence-electron chi connectivity index (χ1n) is 6.16. The molecule has 2 heterocycles. The largest absolute Gasteiger partial charge is 0.350 e. The van der Waals surface area contributed by atoms with E-state index in [4.69, 9.17) is 15.2 Å². The smallest absolute Gasteiger partial charge is 0.159 e. The number of para-hydroxylation sites is 1. The monoisotopic (exact) mass is 244 g/mol. The molecule has 0 radical (unpaired) electrons. The van der Waals surface area contributed by atoms with Gasteiger partial charge in [0.25, 0.3) is 0 Å². The molecule has 18 heavy (non-hydrogen) atoms. The number of ether oxygens (including phenoxy) is 2. The van der Waals surface area contributed by atoms with Crippen LogP contribution in [-0.2, 0) is 9.47 Å². The molecule has 3 rings (SSSR count). The zero-order valence-electron chi connectivity index (χ0n) is 10.1. The first-order valence-corrected chi connectivity index (χ1v) is 6.16. The molecule has 0 aliphatic carbocycles. The third-order valence-electron chi connectivity index (χ3n) is 3.18. The van der Waals surface area contributed by atoms with Crippen molar-refractivity contribution < 1.29 is 9.47 Å². The summed E-state index contributed by atoms with van der Waals surface area (Å²) in [6.45, 7) is 1.32. The van der Waals surface area contributed by atoms with E-state index in [1.807, 2.05) is 30.5 Å². The Labute approximate surface area is 106 Å². The van der Waals surface area contributed by atoms with Crippen LogP contribution in [0.25, 0.3) is 10.9 Å². The molecule has 1 aromatic carbocycles. The Balaban J connectivity index is 1.80. The van der Waals surface area contributed by atoms with Crippen molar-refractivity contribution in [1.82, 2.24) is 4.98 Å². The summed E-state index contributed by atoms with van der Waals surface area (Å²) in [5.41, 5.74) is 8.17. The Kier molecular flexibility index (Phi) is 3.23. The SMILES string of the molecule is NC(CC1OCCO1)c1cnc2ccccc2c1. The van der Waals surface area contributed by atoms with Crippen molar-refractivity contribution in [2.75, 3.05) is 13.2 Å². The van der Waals surface area contributed by atoms with E-state index in [-0.39, 0.29) is 12.3 Å². The molecule has 94 valence electrons. The average molecular weight is 244 g/mol. The van der Waals surface area contributed by atoms with Crippen molar-refractivity contribution in [1.29, 1.82) is 0 Å². The summed E-state index contributed by atoms with van der Waals surface area (Å²) in [7, 11) is 0. The summed E-state index contributed by atoms with van der Waals surface area (Å²) in [5.74, 6) is 0. The third-order valence-corrected chi connectivity index (χ3v) is 3.18. The molecule has 0 bridgehead atoms. The highest BCUT2D eigenvalue weighted by molar-refractivity contribution is 5.78. The second-order valence-electron chi connectivity index (χ2n) is 4.47. The molecule has 0 spiro atoms. The normalized spacial score (nSPS) is 18.3. The van der Waals surface area contributed by atoms with Gasteiger partial charge in [-0.3, -0.25) is 4.98 Å². The van der Waals surface area contributed by atoms with Crippen molar-refractivity contribution in [3.05, 3.63) is 42.1 Å². The van der Waals surface area contributed by atoms with Gasteiger partial charge in [-0.1, -0.05) is 18.2 Å². The van der Waals surface area contributed by atoms with Gasteiger partial charge in [-0.25, -0.2) is 0 Å². The van der Waals surface area contributed by atoms with Gasteiger partial charge < -0.3 is 15.2 Å². The minimum absolute atomic E-state index is 0.106. The van der Waals surface area contributed by atoms with E-state index < -0.39 is 0 Å². The molecule has 1 saturated heterocycles. The molecule has 0 amide bonds. The first-order chi connectivity index (χ1) is 8.83. The third kappa shape index (κ3) is 2.36. The minimum atomic E-state index is -0.175. The van der Waals surface area contributed by atoms with Gasteiger partial charge >= 0.3 is 0 Å². The molecule has 1 aromatic heterocycles. The Bertz CT molecular complexity index is 538. The number of nitrogens with two attached hydrogens (primary N) is 1. The van der Waals surface area contributed by atoms with Crippen LogP contribution in [0.4, 0.5) is 0 Å². The number of benzene rings is 1. The second-order valence-corrected chi connectivity index (χ2v) is 4.47. The Morgan fingerprint density at radius 2 is 2.06 bits per heavy atom. The summed E-state index contributed by atoms with van der Waals surface area (Å²) in [5, 5.41) is 1.11. The van der Waals surface area contributed by atoms with Crippen LogP contribution in [0.1, 0.15) is 18.0 Å². The summed E-state index contributed by atoms with van der Waals surface area (Å²) in [6.07, 6.45) is 2.33. The van der Waals surface area contributed by atoms with Crippen molar-refractivity contribution in [2.24, 2.45) is 5.73 Å². The molecular formula is C14H16N2O2. The van der Waals surface area contributed by atoms with E-state index >= 15 is 0 Å². The molecule has 1 unspecified atom stereocenters. The molecule has 1 fully saturated rings. The zero-order chi connectivity index (χ0) is 12.4. The second kappa shape index (κ2) is 5.02. The number of aromatic nitrogens is 1. The predicted molar refractivity (Wildman–Crippen MR) is 69.0 cm³/mol. The molecule has 1 aliphatic heterocycles. The van der Waals surface area contributed by atoms with Gasteiger partial charge in [0.1, 0.15) is 0 Å². The van der Waals surface area contributed by atoms with Gasteiger partial charge in [-0.15, -0.1) is 0 Å². The van der Waals surface area contributed by atoms with Crippen molar-refractivity contribution in [3.8, 4) is 0 Å². The van der Waals surface area contributed by atoms with Crippen LogP contribution in [0.5, 0.6) is 0 Å².